The van der Waals surface area contributed by atoms with Crippen molar-refractivity contribution in [3.63, 3.8) is 0 Å². The number of nitroso groups, excluding NO2 is 1. The van der Waals surface area contributed by atoms with E-state index >= 15 is 0 Å². The predicted molar refractivity (Wildman–Crippen MR) is 141 cm³/mol. The molecular formula is C26H47N4O4+. The number of carbonyl (C=O) groups excluding carboxylic acids is 2. The Balaban J connectivity index is -0.000000357. The molecule has 1 saturated heterocycles. The maximum Gasteiger partial charge on any atom is 0.216 e. The standard InChI is InChI=1S/C8H8O.C6H13NO.C5H7N.C3H7NO.C2H6NO.C2H6/c1-7(9)8-5-3-2-4-6-8;1-2-7-3-5-8-6-4-7;1-6-4-2-3-5-6;1-3(5)4-2;1-3(2)4;1-2/h2-6H,1H3;2-6H2,1H3;2-5H,1H3;1-2H3,(H,4,5);1-2H3;1-2H3/q;;;;+1;. The van der Waals surface area contributed by atoms with Gasteiger partial charge in [0, 0.05) is 57.0 Å². The summed E-state index contributed by atoms with van der Waals surface area (Å²) in [6, 6.07) is 13.2. The smallest absolute Gasteiger partial charge is 0.216 e. The van der Waals surface area contributed by atoms with Crippen molar-refractivity contribution >= 4 is 11.7 Å². The van der Waals surface area contributed by atoms with Crippen LogP contribution in [0.3, 0.4) is 0 Å². The van der Waals surface area contributed by atoms with E-state index < -0.39 is 0 Å². The van der Waals surface area contributed by atoms with Crippen molar-refractivity contribution in [3.05, 3.63) is 65.3 Å². The van der Waals surface area contributed by atoms with Crippen LogP contribution < -0.4 is 5.32 Å². The zero-order valence-corrected chi connectivity index (χ0v) is 22.7. The van der Waals surface area contributed by atoms with Gasteiger partial charge in [0.25, 0.3) is 0 Å². The molecule has 8 nitrogen and oxygen atoms in total. The molecule has 194 valence electrons. The van der Waals surface area contributed by atoms with E-state index in [4.69, 9.17) is 4.74 Å². The van der Waals surface area contributed by atoms with Crippen LogP contribution in [0, 0.1) is 4.91 Å². The normalized spacial score (nSPS) is 11.4. The first-order valence-corrected chi connectivity index (χ1v) is 11.6. The summed E-state index contributed by atoms with van der Waals surface area (Å²) in [6.45, 7) is 14.5. The maximum atomic E-state index is 10.6. The van der Waals surface area contributed by atoms with Gasteiger partial charge in [0.1, 0.15) is 0 Å². The van der Waals surface area contributed by atoms with Gasteiger partial charge in [-0.15, -0.1) is 0 Å². The molecule has 1 amide bonds. The number of rotatable bonds is 2. The Morgan fingerprint density at radius 1 is 0.971 bits per heavy atom. The van der Waals surface area contributed by atoms with Crippen molar-refractivity contribution in [2.24, 2.45) is 7.05 Å². The summed E-state index contributed by atoms with van der Waals surface area (Å²) in [4.78, 5) is 32.1. The Labute approximate surface area is 206 Å². The third-order valence-electron chi connectivity index (χ3n) is 3.84. The van der Waals surface area contributed by atoms with E-state index in [9.17, 15) is 14.5 Å². The number of Topliss-reactive ketones (excluding diaryl/α,β-unsaturated/α-hetero) is 1. The van der Waals surface area contributed by atoms with Gasteiger partial charge in [-0.3, -0.25) is 14.5 Å². The minimum Gasteiger partial charge on any atom is -0.379 e. The second-order valence-electron chi connectivity index (χ2n) is 6.94. The van der Waals surface area contributed by atoms with Gasteiger partial charge in [-0.2, -0.15) is 0 Å². The van der Waals surface area contributed by atoms with Crippen molar-refractivity contribution in [1.29, 1.82) is 0 Å². The number of aromatic nitrogens is 1. The van der Waals surface area contributed by atoms with E-state index in [1.165, 1.54) is 27.6 Å². The Morgan fingerprint density at radius 3 is 1.59 bits per heavy atom. The second kappa shape index (κ2) is 26.4. The lowest BCUT2D eigenvalue weighted by Gasteiger charge is -2.24. The summed E-state index contributed by atoms with van der Waals surface area (Å²) >= 11 is 0. The van der Waals surface area contributed by atoms with E-state index in [2.05, 4.69) is 17.1 Å². The van der Waals surface area contributed by atoms with Crippen LogP contribution in [0.25, 0.3) is 0 Å². The van der Waals surface area contributed by atoms with Crippen molar-refractivity contribution in [3.8, 4) is 0 Å². The molecule has 1 aromatic heterocycles. The molecule has 0 unspecified atom stereocenters. The number of morpholine rings is 1. The largest absolute Gasteiger partial charge is 0.379 e. The van der Waals surface area contributed by atoms with Crippen molar-refractivity contribution in [2.75, 3.05) is 54.0 Å². The van der Waals surface area contributed by atoms with Gasteiger partial charge in [-0.05, 0) is 30.4 Å². The highest BCUT2D eigenvalue weighted by atomic mass is 16.5. The first-order valence-electron chi connectivity index (χ1n) is 11.6. The summed E-state index contributed by atoms with van der Waals surface area (Å²) in [5.41, 5.74) is 0.775. The molecule has 3 rings (SSSR count). The number of hydrogen-bond donors (Lipinski definition) is 1. The number of nitrogens with zero attached hydrogens (tertiary/aromatic N) is 3. The highest BCUT2D eigenvalue weighted by Gasteiger charge is 2.05. The fourth-order valence-electron chi connectivity index (χ4n) is 2.01. The first-order chi connectivity index (χ1) is 16.1. The van der Waals surface area contributed by atoms with Crippen LogP contribution in [0.5, 0.6) is 0 Å². The second-order valence-corrected chi connectivity index (χ2v) is 6.94. The van der Waals surface area contributed by atoms with Gasteiger partial charge < -0.3 is 14.6 Å². The van der Waals surface area contributed by atoms with Gasteiger partial charge in [0.15, 0.2) is 19.9 Å². The van der Waals surface area contributed by atoms with E-state index in [-0.39, 0.29) is 11.7 Å². The molecule has 1 aromatic carbocycles. The van der Waals surface area contributed by atoms with Crippen LogP contribution in [0.2, 0.25) is 0 Å². The van der Waals surface area contributed by atoms with Crippen LogP contribution in [0.4, 0.5) is 0 Å². The molecule has 2 aromatic rings. The predicted octanol–water partition coefficient (Wildman–Crippen LogP) is 4.06. The van der Waals surface area contributed by atoms with E-state index in [0.29, 0.717) is 0 Å². The molecule has 1 fully saturated rings. The number of carbonyl (C=O) groups is 2. The van der Waals surface area contributed by atoms with Crippen LogP contribution >= 0.6 is 0 Å². The van der Waals surface area contributed by atoms with Gasteiger partial charge in [0.05, 0.1) is 13.2 Å². The third-order valence-corrected chi connectivity index (χ3v) is 3.84. The monoisotopic (exact) mass is 479 g/mol. The van der Waals surface area contributed by atoms with Gasteiger partial charge in [0.2, 0.25) is 5.91 Å². The van der Waals surface area contributed by atoms with Crippen molar-refractivity contribution in [1.82, 2.24) is 14.8 Å². The minimum absolute atomic E-state index is 0.00463. The minimum atomic E-state index is 0.00463. The van der Waals surface area contributed by atoms with Crippen LogP contribution in [0.15, 0.2) is 54.9 Å². The molecule has 0 spiro atoms. The Bertz CT molecular complexity index is 710. The molecule has 34 heavy (non-hydrogen) atoms. The number of aryl methyl sites for hydroxylation is 1. The molecular weight excluding hydrogens is 432 g/mol. The highest BCUT2D eigenvalue weighted by molar-refractivity contribution is 5.93. The number of nitrogens with one attached hydrogen (secondary N) is 1. The molecule has 0 bridgehead atoms. The highest BCUT2D eigenvalue weighted by Crippen LogP contribution is 1.97. The molecule has 1 N–H and O–H groups in total. The number of amides is 1. The fourth-order valence-corrected chi connectivity index (χ4v) is 2.01. The Kier molecular flexibility index (Phi) is 27.8. The number of hydrogen-bond acceptors (Lipinski definition) is 5. The Morgan fingerprint density at radius 2 is 1.38 bits per heavy atom. The van der Waals surface area contributed by atoms with Crippen molar-refractivity contribution in [2.45, 2.75) is 34.6 Å². The lowest BCUT2D eigenvalue weighted by molar-refractivity contribution is -0.486. The zero-order chi connectivity index (χ0) is 26.8. The zero-order valence-electron chi connectivity index (χ0n) is 22.7. The molecule has 0 aliphatic carbocycles. The Hall–Kier alpha value is -2.84. The quantitative estimate of drug-likeness (QED) is 0.519. The summed E-state index contributed by atoms with van der Waals surface area (Å²) in [6.07, 6.45) is 4.00. The van der Waals surface area contributed by atoms with E-state index in [1.807, 2.05) is 80.3 Å². The molecule has 0 radical (unpaired) electrons. The molecule has 0 atom stereocenters. The van der Waals surface area contributed by atoms with E-state index in [0.717, 1.165) is 36.6 Å². The van der Waals surface area contributed by atoms with Crippen LogP contribution in [-0.4, -0.2) is 79.9 Å². The summed E-state index contributed by atoms with van der Waals surface area (Å²) in [7, 11) is 6.49. The summed E-state index contributed by atoms with van der Waals surface area (Å²) in [5.74, 6) is 0.126. The molecule has 1 aliphatic heterocycles. The fraction of sp³-hybridized carbons (Fsp3) is 0.538. The maximum absolute atomic E-state index is 10.6. The van der Waals surface area contributed by atoms with Gasteiger partial charge in [-0.1, -0.05) is 51.1 Å². The first kappa shape index (κ1) is 35.7. The molecule has 0 saturated carbocycles. The lowest BCUT2D eigenvalue weighted by Crippen LogP contribution is -2.35. The molecule has 2 heterocycles. The average molecular weight is 480 g/mol. The third kappa shape index (κ3) is 29.2. The average Bonchev–Trinajstić information content (AvgIpc) is 3.33. The lowest BCUT2D eigenvalue weighted by atomic mass is 10.2. The summed E-state index contributed by atoms with van der Waals surface area (Å²) in [5, 5.41) is 2.39. The number of ketones is 1. The molecule has 8 heteroatoms. The number of benzene rings is 1. The SMILES string of the molecule is CC.CC(=O)c1ccccc1.CCN1CCOCC1.CNC(C)=O.C[N+](C)=O.Cn1cccc1. The van der Waals surface area contributed by atoms with Crippen LogP contribution in [0.1, 0.15) is 45.0 Å². The van der Waals surface area contributed by atoms with Crippen LogP contribution in [-0.2, 0) is 16.6 Å². The number of likely N-dealkylation sites (N-methyl/N-ethyl adjacent to an activating group) is 1. The topological polar surface area (TPSA) is 83.7 Å². The van der Waals surface area contributed by atoms with Gasteiger partial charge >= 0.3 is 0 Å². The van der Waals surface area contributed by atoms with Crippen molar-refractivity contribution < 1.29 is 19.1 Å². The van der Waals surface area contributed by atoms with Gasteiger partial charge in [-0.25, -0.2) is 0 Å². The number of ether oxygens (including phenoxy) is 1. The van der Waals surface area contributed by atoms with E-state index in [1.54, 1.807) is 14.0 Å². The molecule has 1 aliphatic rings. The summed E-state index contributed by atoms with van der Waals surface area (Å²) < 4.78 is 7.91.